The number of rotatable bonds is 2. The fourth-order valence-corrected chi connectivity index (χ4v) is 2.09. The van der Waals surface area contributed by atoms with Crippen LogP contribution in [0.25, 0.3) is 16.9 Å². The fourth-order valence-electron chi connectivity index (χ4n) is 2.09. The molecule has 0 fully saturated rings. The summed E-state index contributed by atoms with van der Waals surface area (Å²) in [6, 6.07) is 7.42. The maximum atomic E-state index is 11.4. The van der Waals surface area contributed by atoms with Crippen LogP contribution in [-0.4, -0.2) is 20.3 Å². The highest BCUT2D eigenvalue weighted by Crippen LogP contribution is 2.20. The molecular weight excluding hydrogens is 240 g/mol. The predicted octanol–water partition coefficient (Wildman–Crippen LogP) is 1.80. The molecule has 3 rings (SSSR count). The van der Waals surface area contributed by atoms with Gasteiger partial charge in [0, 0.05) is 29.8 Å². The van der Waals surface area contributed by atoms with Gasteiger partial charge in [-0.05, 0) is 31.2 Å². The summed E-state index contributed by atoms with van der Waals surface area (Å²) in [5.74, 6) is -0.474. The van der Waals surface area contributed by atoms with Crippen LogP contribution in [0, 0.1) is 6.92 Å². The van der Waals surface area contributed by atoms with Gasteiger partial charge in [0.15, 0.2) is 0 Å². The lowest BCUT2D eigenvalue weighted by molar-refractivity contribution is 0.100. The minimum absolute atomic E-state index is 0.425. The van der Waals surface area contributed by atoms with Crippen LogP contribution >= 0.6 is 0 Å². The number of carbonyl (C=O) groups excluding carboxylic acids is 1. The Morgan fingerprint density at radius 2 is 2.21 bits per heavy atom. The fraction of sp³-hybridized carbons (Fsp3) is 0.0714. The van der Waals surface area contributed by atoms with Gasteiger partial charge in [0.2, 0.25) is 0 Å². The van der Waals surface area contributed by atoms with E-state index in [0.717, 1.165) is 17.0 Å². The SMILES string of the molecule is Cc1cc(-c2cccnc2)nc2c(C(N)=O)ccn12. The number of amides is 1. The zero-order valence-corrected chi connectivity index (χ0v) is 10.4. The number of pyridine rings is 1. The number of fused-ring (bicyclic) bond motifs is 1. The summed E-state index contributed by atoms with van der Waals surface area (Å²) in [5, 5.41) is 0. The molecule has 0 spiro atoms. The first kappa shape index (κ1) is 11.4. The Kier molecular flexibility index (Phi) is 2.52. The van der Waals surface area contributed by atoms with Crippen LogP contribution in [0.2, 0.25) is 0 Å². The van der Waals surface area contributed by atoms with Crippen molar-refractivity contribution in [2.24, 2.45) is 5.73 Å². The van der Waals surface area contributed by atoms with Crippen LogP contribution in [0.4, 0.5) is 0 Å². The van der Waals surface area contributed by atoms with Gasteiger partial charge in [-0.2, -0.15) is 0 Å². The molecule has 0 aromatic carbocycles. The quantitative estimate of drug-likeness (QED) is 0.755. The summed E-state index contributed by atoms with van der Waals surface area (Å²) in [7, 11) is 0. The second kappa shape index (κ2) is 4.20. The lowest BCUT2D eigenvalue weighted by Gasteiger charge is -2.06. The van der Waals surface area contributed by atoms with Crippen molar-refractivity contribution in [3.05, 3.63) is 54.1 Å². The molecule has 3 aromatic heterocycles. The third-order valence-electron chi connectivity index (χ3n) is 3.03. The first-order valence-corrected chi connectivity index (χ1v) is 5.86. The second-order valence-electron chi connectivity index (χ2n) is 4.31. The van der Waals surface area contributed by atoms with E-state index in [1.165, 1.54) is 0 Å². The molecular formula is C14H12N4O. The van der Waals surface area contributed by atoms with Crippen LogP contribution in [0.15, 0.2) is 42.9 Å². The Morgan fingerprint density at radius 1 is 1.37 bits per heavy atom. The van der Waals surface area contributed by atoms with Crippen LogP contribution < -0.4 is 5.73 Å². The van der Waals surface area contributed by atoms with Crippen molar-refractivity contribution in [2.45, 2.75) is 6.92 Å². The molecule has 0 aliphatic carbocycles. The number of aromatic nitrogens is 3. The summed E-state index contributed by atoms with van der Waals surface area (Å²) in [5.41, 5.74) is 9.03. The number of nitrogens with two attached hydrogens (primary N) is 1. The van der Waals surface area contributed by atoms with Gasteiger partial charge in [-0.3, -0.25) is 9.78 Å². The highest BCUT2D eigenvalue weighted by Gasteiger charge is 2.12. The third kappa shape index (κ3) is 1.85. The zero-order valence-electron chi connectivity index (χ0n) is 10.4. The lowest BCUT2D eigenvalue weighted by atomic mass is 10.2. The number of carbonyl (C=O) groups is 1. The molecule has 2 N–H and O–H groups in total. The molecule has 0 aliphatic rings. The Bertz CT molecular complexity index is 762. The van der Waals surface area contributed by atoms with E-state index >= 15 is 0 Å². The van der Waals surface area contributed by atoms with E-state index in [4.69, 9.17) is 5.73 Å². The van der Waals surface area contributed by atoms with Crippen molar-refractivity contribution in [1.82, 2.24) is 14.4 Å². The second-order valence-corrected chi connectivity index (χ2v) is 4.31. The van der Waals surface area contributed by atoms with Crippen molar-refractivity contribution in [2.75, 3.05) is 0 Å². The Hall–Kier alpha value is -2.69. The van der Waals surface area contributed by atoms with Gasteiger partial charge in [-0.15, -0.1) is 0 Å². The van der Waals surface area contributed by atoms with Crippen molar-refractivity contribution in [3.63, 3.8) is 0 Å². The highest BCUT2D eigenvalue weighted by molar-refractivity contribution is 5.99. The van der Waals surface area contributed by atoms with Crippen LogP contribution in [-0.2, 0) is 0 Å². The van der Waals surface area contributed by atoms with Crippen LogP contribution in [0.5, 0.6) is 0 Å². The molecule has 5 heteroatoms. The number of nitrogens with zero attached hydrogens (tertiary/aromatic N) is 3. The van der Waals surface area contributed by atoms with E-state index in [-0.39, 0.29) is 0 Å². The average molecular weight is 252 g/mol. The summed E-state index contributed by atoms with van der Waals surface area (Å²) in [6.07, 6.45) is 5.25. The molecule has 0 saturated carbocycles. The normalized spacial score (nSPS) is 10.8. The van der Waals surface area contributed by atoms with Gasteiger partial charge in [0.25, 0.3) is 5.91 Å². The molecule has 1 amide bonds. The largest absolute Gasteiger partial charge is 0.365 e. The molecule has 0 saturated heterocycles. The summed E-state index contributed by atoms with van der Waals surface area (Å²) < 4.78 is 1.85. The number of primary amides is 1. The molecule has 94 valence electrons. The number of hydrogen-bond donors (Lipinski definition) is 1. The van der Waals surface area contributed by atoms with Gasteiger partial charge < -0.3 is 10.1 Å². The Balaban J connectivity index is 2.28. The maximum absolute atomic E-state index is 11.4. The van der Waals surface area contributed by atoms with E-state index in [1.807, 2.05) is 29.5 Å². The van der Waals surface area contributed by atoms with Crippen molar-refractivity contribution in [3.8, 4) is 11.3 Å². The van der Waals surface area contributed by atoms with Gasteiger partial charge in [-0.1, -0.05) is 0 Å². The zero-order chi connectivity index (χ0) is 13.4. The lowest BCUT2D eigenvalue weighted by Crippen LogP contribution is -2.11. The monoisotopic (exact) mass is 252 g/mol. The molecule has 3 aromatic rings. The summed E-state index contributed by atoms with van der Waals surface area (Å²) in [4.78, 5) is 20.0. The minimum Gasteiger partial charge on any atom is -0.365 e. The van der Waals surface area contributed by atoms with E-state index < -0.39 is 5.91 Å². The van der Waals surface area contributed by atoms with E-state index in [2.05, 4.69) is 9.97 Å². The molecule has 5 nitrogen and oxygen atoms in total. The first-order valence-electron chi connectivity index (χ1n) is 5.86. The van der Waals surface area contributed by atoms with E-state index in [0.29, 0.717) is 11.2 Å². The molecule has 0 atom stereocenters. The summed E-state index contributed by atoms with van der Waals surface area (Å²) >= 11 is 0. The molecule has 0 bridgehead atoms. The standard InChI is InChI=1S/C14H12N4O/c1-9-7-12(10-3-2-5-16-8-10)17-14-11(13(15)19)4-6-18(9)14/h2-8H,1H3,(H2,15,19). The van der Waals surface area contributed by atoms with Gasteiger partial charge >= 0.3 is 0 Å². The molecule has 19 heavy (non-hydrogen) atoms. The van der Waals surface area contributed by atoms with Crippen LogP contribution in [0.3, 0.4) is 0 Å². The average Bonchev–Trinajstić information content (AvgIpc) is 2.84. The molecule has 3 heterocycles. The smallest absolute Gasteiger partial charge is 0.252 e. The number of hydrogen-bond acceptors (Lipinski definition) is 3. The van der Waals surface area contributed by atoms with Crippen molar-refractivity contribution < 1.29 is 4.79 Å². The molecule has 0 radical (unpaired) electrons. The van der Waals surface area contributed by atoms with Crippen molar-refractivity contribution >= 4 is 11.6 Å². The minimum atomic E-state index is -0.474. The third-order valence-corrected chi connectivity index (χ3v) is 3.03. The topological polar surface area (TPSA) is 73.3 Å². The van der Waals surface area contributed by atoms with Gasteiger partial charge in [0.1, 0.15) is 5.65 Å². The Morgan fingerprint density at radius 3 is 2.89 bits per heavy atom. The number of aryl methyl sites for hydroxylation is 1. The maximum Gasteiger partial charge on any atom is 0.252 e. The van der Waals surface area contributed by atoms with Gasteiger partial charge in [-0.25, -0.2) is 4.98 Å². The predicted molar refractivity (Wildman–Crippen MR) is 71.7 cm³/mol. The molecule has 0 aliphatic heterocycles. The highest BCUT2D eigenvalue weighted by atomic mass is 16.1. The summed E-state index contributed by atoms with van der Waals surface area (Å²) in [6.45, 7) is 1.96. The van der Waals surface area contributed by atoms with Crippen LogP contribution in [0.1, 0.15) is 16.1 Å². The van der Waals surface area contributed by atoms with Crippen molar-refractivity contribution in [1.29, 1.82) is 0 Å². The van der Waals surface area contributed by atoms with Gasteiger partial charge in [0.05, 0.1) is 11.3 Å². The Labute approximate surface area is 109 Å². The van der Waals surface area contributed by atoms with E-state index in [9.17, 15) is 4.79 Å². The van der Waals surface area contributed by atoms with E-state index in [1.54, 1.807) is 24.7 Å². The first-order chi connectivity index (χ1) is 9.16. The molecule has 0 unspecified atom stereocenters.